The van der Waals surface area contributed by atoms with Crippen molar-refractivity contribution in [3.8, 4) is 0 Å². The zero-order valence-electron chi connectivity index (χ0n) is 18.9. The highest BCUT2D eigenvalue weighted by Crippen LogP contribution is 2.14. The summed E-state index contributed by atoms with van der Waals surface area (Å²) >= 11 is 0. The summed E-state index contributed by atoms with van der Waals surface area (Å²) in [6.45, 7) is 5.80. The van der Waals surface area contributed by atoms with Gasteiger partial charge in [0.1, 0.15) is 5.82 Å². The van der Waals surface area contributed by atoms with Crippen molar-refractivity contribution in [1.82, 2.24) is 15.1 Å². The van der Waals surface area contributed by atoms with Crippen LogP contribution in [0.5, 0.6) is 0 Å². The third-order valence-corrected chi connectivity index (χ3v) is 6.06. The van der Waals surface area contributed by atoms with Crippen molar-refractivity contribution >= 4 is 11.9 Å². The van der Waals surface area contributed by atoms with Gasteiger partial charge in [0.2, 0.25) is 0 Å². The molecule has 0 saturated carbocycles. The molecule has 4 rings (SSSR count). The fourth-order valence-electron chi connectivity index (χ4n) is 4.02. The van der Waals surface area contributed by atoms with Gasteiger partial charge < -0.3 is 10.4 Å². The van der Waals surface area contributed by atoms with Crippen LogP contribution in [-0.2, 0) is 19.6 Å². The molecule has 2 N–H and O–H groups in total. The molecule has 0 atom stereocenters. The van der Waals surface area contributed by atoms with Crippen molar-refractivity contribution in [2.45, 2.75) is 19.6 Å². The minimum absolute atomic E-state index is 0.152. The Morgan fingerprint density at radius 2 is 1.15 bits per heavy atom. The quantitative estimate of drug-likeness (QED) is 0.534. The summed E-state index contributed by atoms with van der Waals surface area (Å²) in [7, 11) is 0. The number of rotatable bonds is 8. The Bertz CT molecular complexity index is 1110. The highest BCUT2D eigenvalue weighted by Gasteiger charge is 2.17. The Balaban J connectivity index is 1.21. The number of carbonyl (C=O) groups excluding carboxylic acids is 1. The number of carboxylic acids is 1. The lowest BCUT2D eigenvalue weighted by molar-refractivity contribution is 0.0696. The molecule has 0 radical (unpaired) electrons. The number of halogens is 1. The maximum atomic E-state index is 13.0. The average Bonchev–Trinajstić information content (AvgIpc) is 2.85. The van der Waals surface area contributed by atoms with Gasteiger partial charge in [-0.15, -0.1) is 0 Å². The van der Waals surface area contributed by atoms with Gasteiger partial charge in [0.05, 0.1) is 5.56 Å². The fraction of sp³-hybridized carbons (Fsp3) is 0.259. The summed E-state index contributed by atoms with van der Waals surface area (Å²) in [5.74, 6) is -1.35. The predicted octanol–water partition coefficient (Wildman–Crippen LogP) is 3.77. The molecular formula is C27H28FN3O3. The Morgan fingerprint density at radius 3 is 1.62 bits per heavy atom. The molecule has 6 nitrogen and oxygen atoms in total. The van der Waals surface area contributed by atoms with Gasteiger partial charge >= 0.3 is 5.97 Å². The molecule has 1 heterocycles. The van der Waals surface area contributed by atoms with Crippen LogP contribution in [0.4, 0.5) is 4.39 Å². The second kappa shape index (κ2) is 11.0. The lowest BCUT2D eigenvalue weighted by atomic mass is 10.1. The van der Waals surface area contributed by atoms with E-state index < -0.39 is 5.97 Å². The zero-order valence-corrected chi connectivity index (χ0v) is 18.9. The second-order valence-corrected chi connectivity index (χ2v) is 8.56. The second-order valence-electron chi connectivity index (χ2n) is 8.56. The van der Waals surface area contributed by atoms with Crippen LogP contribution in [0.15, 0.2) is 72.8 Å². The molecule has 0 spiro atoms. The van der Waals surface area contributed by atoms with E-state index in [9.17, 15) is 14.0 Å². The molecule has 3 aromatic rings. The van der Waals surface area contributed by atoms with E-state index in [-0.39, 0.29) is 11.7 Å². The van der Waals surface area contributed by atoms with Crippen LogP contribution in [0.3, 0.4) is 0 Å². The average molecular weight is 462 g/mol. The molecular weight excluding hydrogens is 433 g/mol. The van der Waals surface area contributed by atoms with Gasteiger partial charge in [-0.05, 0) is 53.1 Å². The monoisotopic (exact) mass is 461 g/mol. The molecule has 0 aromatic heterocycles. The van der Waals surface area contributed by atoms with Crippen molar-refractivity contribution in [3.63, 3.8) is 0 Å². The van der Waals surface area contributed by atoms with Crippen molar-refractivity contribution in [3.05, 3.63) is 106 Å². The van der Waals surface area contributed by atoms with Crippen molar-refractivity contribution in [2.24, 2.45) is 0 Å². The van der Waals surface area contributed by atoms with Gasteiger partial charge in [-0.25, -0.2) is 9.18 Å². The van der Waals surface area contributed by atoms with Gasteiger partial charge in [0.15, 0.2) is 0 Å². The lowest BCUT2D eigenvalue weighted by Gasteiger charge is -2.34. The zero-order chi connectivity index (χ0) is 23.9. The summed E-state index contributed by atoms with van der Waals surface area (Å²) in [6.07, 6.45) is 0. The van der Waals surface area contributed by atoms with Gasteiger partial charge in [-0.1, -0.05) is 36.4 Å². The molecule has 0 bridgehead atoms. The lowest BCUT2D eigenvalue weighted by Crippen LogP contribution is -2.45. The van der Waals surface area contributed by atoms with E-state index in [2.05, 4.69) is 15.1 Å². The number of aromatic carboxylic acids is 1. The minimum atomic E-state index is -0.904. The first-order valence-corrected chi connectivity index (χ1v) is 11.3. The van der Waals surface area contributed by atoms with Crippen molar-refractivity contribution in [2.75, 3.05) is 26.2 Å². The molecule has 1 fully saturated rings. The Hall–Kier alpha value is -3.55. The topological polar surface area (TPSA) is 72.9 Å². The standard InChI is InChI=1S/C27H28FN3O3/c28-25-11-5-20(6-12-25)17-29-26(32)23-7-1-21(2-8-23)18-30-13-15-31(16-14-30)19-22-3-9-24(10-4-22)27(33)34/h1-12H,13-19H2,(H,29,32)(H,33,34). The minimum Gasteiger partial charge on any atom is -0.478 e. The van der Waals surface area contributed by atoms with Crippen LogP contribution in [0.1, 0.15) is 37.4 Å². The predicted molar refractivity (Wildman–Crippen MR) is 128 cm³/mol. The highest BCUT2D eigenvalue weighted by molar-refractivity contribution is 5.94. The molecule has 1 amide bonds. The third-order valence-electron chi connectivity index (χ3n) is 6.06. The number of hydrogen-bond acceptors (Lipinski definition) is 4. The number of hydrogen-bond donors (Lipinski definition) is 2. The van der Waals surface area contributed by atoms with E-state index in [0.717, 1.165) is 56.0 Å². The molecule has 3 aromatic carbocycles. The number of carbonyl (C=O) groups is 2. The Morgan fingerprint density at radius 1 is 0.706 bits per heavy atom. The first-order chi connectivity index (χ1) is 16.5. The third kappa shape index (κ3) is 6.50. The summed E-state index contributed by atoms with van der Waals surface area (Å²) in [6, 6.07) is 20.8. The SMILES string of the molecule is O=C(O)c1ccc(CN2CCN(Cc3ccc(C(=O)NCc4ccc(F)cc4)cc3)CC2)cc1. The largest absolute Gasteiger partial charge is 0.478 e. The van der Waals surface area contributed by atoms with Gasteiger partial charge in [0.25, 0.3) is 5.91 Å². The van der Waals surface area contributed by atoms with Crippen LogP contribution in [0.2, 0.25) is 0 Å². The van der Waals surface area contributed by atoms with Crippen LogP contribution in [0, 0.1) is 5.82 Å². The molecule has 0 aliphatic carbocycles. The molecule has 34 heavy (non-hydrogen) atoms. The van der Waals surface area contributed by atoms with Gasteiger partial charge in [-0.2, -0.15) is 0 Å². The first-order valence-electron chi connectivity index (χ1n) is 11.3. The van der Waals surface area contributed by atoms with Crippen LogP contribution < -0.4 is 5.32 Å². The van der Waals surface area contributed by atoms with E-state index in [4.69, 9.17) is 5.11 Å². The molecule has 0 unspecified atom stereocenters. The summed E-state index contributed by atoms with van der Waals surface area (Å²) < 4.78 is 13.0. The molecule has 1 aliphatic heterocycles. The normalized spacial score (nSPS) is 14.6. The number of piperazine rings is 1. The Labute approximate surface area is 198 Å². The molecule has 1 saturated heterocycles. The van der Waals surface area contributed by atoms with E-state index >= 15 is 0 Å². The smallest absolute Gasteiger partial charge is 0.335 e. The van der Waals surface area contributed by atoms with E-state index in [1.807, 2.05) is 36.4 Å². The highest BCUT2D eigenvalue weighted by atomic mass is 19.1. The number of amides is 1. The van der Waals surface area contributed by atoms with Gasteiger partial charge in [0, 0.05) is 51.4 Å². The van der Waals surface area contributed by atoms with E-state index in [1.165, 1.54) is 12.1 Å². The molecule has 7 heteroatoms. The summed E-state index contributed by atoms with van der Waals surface area (Å²) in [4.78, 5) is 28.2. The van der Waals surface area contributed by atoms with Crippen LogP contribution in [0.25, 0.3) is 0 Å². The van der Waals surface area contributed by atoms with E-state index in [1.54, 1.807) is 24.3 Å². The Kier molecular flexibility index (Phi) is 7.67. The summed E-state index contributed by atoms with van der Waals surface area (Å²) in [5, 5.41) is 11.9. The van der Waals surface area contributed by atoms with Crippen LogP contribution in [-0.4, -0.2) is 53.0 Å². The number of nitrogens with zero attached hydrogens (tertiary/aromatic N) is 2. The van der Waals surface area contributed by atoms with Crippen molar-refractivity contribution < 1.29 is 19.1 Å². The first kappa shape index (κ1) is 23.6. The van der Waals surface area contributed by atoms with Crippen molar-refractivity contribution in [1.29, 1.82) is 0 Å². The summed E-state index contributed by atoms with van der Waals surface area (Å²) in [5.41, 5.74) is 4.04. The molecule has 176 valence electrons. The number of nitrogens with one attached hydrogen (secondary N) is 1. The number of benzene rings is 3. The molecule has 1 aliphatic rings. The van der Waals surface area contributed by atoms with Crippen LogP contribution >= 0.6 is 0 Å². The number of carboxylic acid groups (broad SMARTS) is 1. The van der Waals surface area contributed by atoms with E-state index in [0.29, 0.717) is 17.7 Å². The maximum Gasteiger partial charge on any atom is 0.335 e. The van der Waals surface area contributed by atoms with Gasteiger partial charge in [-0.3, -0.25) is 14.6 Å². The maximum absolute atomic E-state index is 13.0. The fourth-order valence-corrected chi connectivity index (χ4v) is 4.02.